The van der Waals surface area contributed by atoms with Crippen LogP contribution in [0.1, 0.15) is 27.2 Å². The van der Waals surface area contributed by atoms with Crippen molar-refractivity contribution in [2.75, 3.05) is 13.1 Å². The fourth-order valence-electron chi connectivity index (χ4n) is 3.84. The number of para-hydroxylation sites is 1. The number of fused-ring (bicyclic) bond motifs is 1. The second kappa shape index (κ2) is 8.30. The van der Waals surface area contributed by atoms with E-state index >= 15 is 0 Å². The fourth-order valence-corrected chi connectivity index (χ4v) is 4.84. The molecule has 1 saturated heterocycles. The Morgan fingerprint density at radius 2 is 2.00 bits per heavy atom. The molecule has 0 radical (unpaired) electrons. The number of carbonyl (C=O) groups excluding carboxylic acids is 1. The molecule has 1 amide bonds. The Balaban J connectivity index is 1.88. The topological polar surface area (TPSA) is 55.2 Å². The first-order valence-corrected chi connectivity index (χ1v) is 10.3. The van der Waals surface area contributed by atoms with E-state index in [0.717, 1.165) is 19.5 Å². The Morgan fingerprint density at radius 3 is 2.67 bits per heavy atom. The van der Waals surface area contributed by atoms with Crippen LogP contribution in [0.25, 0.3) is 10.9 Å². The maximum atomic E-state index is 13.0. The van der Waals surface area contributed by atoms with Gasteiger partial charge < -0.3 is 4.90 Å². The fraction of sp³-hybridized carbons (Fsp3) is 0.476. The highest BCUT2D eigenvalue weighted by atomic mass is 32.2. The van der Waals surface area contributed by atoms with Gasteiger partial charge in [-0.3, -0.25) is 14.2 Å². The van der Waals surface area contributed by atoms with Crippen molar-refractivity contribution in [1.29, 1.82) is 0 Å². The average Bonchev–Trinajstić information content (AvgIpc) is 2.63. The number of benzene rings is 1. The van der Waals surface area contributed by atoms with Gasteiger partial charge in [0.1, 0.15) is 0 Å². The molecular formula is C21H27N3O2S. The summed E-state index contributed by atoms with van der Waals surface area (Å²) < 4.78 is 1.60. The first-order valence-electron chi connectivity index (χ1n) is 9.46. The summed E-state index contributed by atoms with van der Waals surface area (Å²) in [4.78, 5) is 32.5. The van der Waals surface area contributed by atoms with Gasteiger partial charge in [0.25, 0.3) is 5.56 Å². The maximum Gasteiger partial charge on any atom is 0.262 e. The van der Waals surface area contributed by atoms with Crippen LogP contribution in [0.2, 0.25) is 0 Å². The number of nitrogens with zero attached hydrogens (tertiary/aromatic N) is 3. The molecule has 0 N–H and O–H groups in total. The van der Waals surface area contributed by atoms with Crippen LogP contribution in [0.3, 0.4) is 0 Å². The second-order valence-electron chi connectivity index (χ2n) is 7.57. The summed E-state index contributed by atoms with van der Waals surface area (Å²) in [5.41, 5.74) is 0.563. The Kier molecular flexibility index (Phi) is 6.05. The third kappa shape index (κ3) is 4.26. The molecule has 144 valence electrons. The van der Waals surface area contributed by atoms with Gasteiger partial charge >= 0.3 is 0 Å². The normalized spacial score (nSPS) is 21.2. The average molecular weight is 386 g/mol. The molecule has 0 saturated carbocycles. The zero-order chi connectivity index (χ0) is 19.6. The molecule has 1 aromatic carbocycles. The lowest BCUT2D eigenvalue weighted by molar-refractivity contribution is -0.132. The molecule has 0 spiro atoms. The first-order chi connectivity index (χ1) is 12.9. The van der Waals surface area contributed by atoms with Crippen LogP contribution in [0.4, 0.5) is 0 Å². The number of thioether (sulfide) groups is 1. The van der Waals surface area contributed by atoms with Crippen molar-refractivity contribution in [1.82, 2.24) is 14.5 Å². The highest BCUT2D eigenvalue weighted by molar-refractivity contribution is 8.00. The van der Waals surface area contributed by atoms with Crippen molar-refractivity contribution < 1.29 is 4.79 Å². The van der Waals surface area contributed by atoms with E-state index in [1.165, 1.54) is 11.8 Å². The van der Waals surface area contributed by atoms with E-state index in [-0.39, 0.29) is 16.7 Å². The van der Waals surface area contributed by atoms with Crippen molar-refractivity contribution >= 4 is 28.6 Å². The molecule has 3 atom stereocenters. The molecule has 0 aliphatic carbocycles. The second-order valence-corrected chi connectivity index (χ2v) is 8.87. The molecule has 5 nitrogen and oxygen atoms in total. The molecule has 3 rings (SSSR count). The smallest absolute Gasteiger partial charge is 0.262 e. The number of carbonyl (C=O) groups is 1. The lowest BCUT2D eigenvalue weighted by atomic mass is 9.92. The minimum atomic E-state index is -0.299. The standard InChI is InChI=1S/C21H27N3O2S/c1-5-10-24-20(26)17-8-6-7-9-18(17)22-21(24)27-16(4)19(25)23-12-14(2)11-15(3)13-23/h5-9,14-16H,1,10-13H2,2-4H3/t14-,15-,16+/m1/s1. The summed E-state index contributed by atoms with van der Waals surface area (Å²) in [6, 6.07) is 7.32. The third-order valence-electron chi connectivity index (χ3n) is 4.95. The van der Waals surface area contributed by atoms with E-state index in [2.05, 4.69) is 25.4 Å². The maximum absolute atomic E-state index is 13.0. The molecule has 1 aliphatic heterocycles. The lowest BCUT2D eigenvalue weighted by Crippen LogP contribution is -2.45. The molecule has 6 heteroatoms. The first kappa shape index (κ1) is 19.7. The molecule has 27 heavy (non-hydrogen) atoms. The molecule has 0 bridgehead atoms. The molecule has 2 heterocycles. The highest BCUT2D eigenvalue weighted by Crippen LogP contribution is 2.27. The Labute approximate surface area is 164 Å². The van der Waals surface area contributed by atoms with Gasteiger partial charge in [-0.2, -0.15) is 0 Å². The van der Waals surface area contributed by atoms with Gasteiger partial charge in [0.05, 0.1) is 16.2 Å². The predicted octanol–water partition coefficient (Wildman–Crippen LogP) is 3.57. The number of likely N-dealkylation sites (tertiary alicyclic amines) is 1. The summed E-state index contributed by atoms with van der Waals surface area (Å²) in [7, 11) is 0. The number of piperidine rings is 1. The van der Waals surface area contributed by atoms with Crippen LogP contribution in [-0.2, 0) is 11.3 Å². The number of hydrogen-bond acceptors (Lipinski definition) is 4. The third-order valence-corrected chi connectivity index (χ3v) is 6.03. The van der Waals surface area contributed by atoms with Gasteiger partial charge in [-0.25, -0.2) is 4.98 Å². The van der Waals surface area contributed by atoms with Gasteiger partial charge in [-0.15, -0.1) is 6.58 Å². The lowest BCUT2D eigenvalue weighted by Gasteiger charge is -2.36. The molecular weight excluding hydrogens is 358 g/mol. The van der Waals surface area contributed by atoms with Crippen LogP contribution < -0.4 is 5.56 Å². The highest BCUT2D eigenvalue weighted by Gasteiger charge is 2.29. The Bertz CT molecular complexity index is 898. The van der Waals surface area contributed by atoms with Crippen molar-refractivity contribution in [3.8, 4) is 0 Å². The summed E-state index contributed by atoms with van der Waals surface area (Å²) >= 11 is 1.36. The summed E-state index contributed by atoms with van der Waals surface area (Å²) in [5, 5.41) is 0.852. The van der Waals surface area contributed by atoms with Crippen molar-refractivity contribution in [3.05, 3.63) is 47.3 Å². The van der Waals surface area contributed by atoms with Crippen LogP contribution in [-0.4, -0.2) is 38.7 Å². The van der Waals surface area contributed by atoms with E-state index in [1.54, 1.807) is 16.7 Å². The minimum absolute atomic E-state index is 0.0946. The van der Waals surface area contributed by atoms with Crippen LogP contribution in [0, 0.1) is 11.8 Å². The van der Waals surface area contributed by atoms with E-state index in [4.69, 9.17) is 0 Å². The summed E-state index contributed by atoms with van der Waals surface area (Å²) in [6.45, 7) is 12.0. The number of hydrogen-bond donors (Lipinski definition) is 0. The van der Waals surface area contributed by atoms with Gasteiger partial charge in [-0.1, -0.05) is 43.8 Å². The zero-order valence-electron chi connectivity index (χ0n) is 16.2. The number of allylic oxidation sites excluding steroid dienone is 1. The van der Waals surface area contributed by atoms with Crippen LogP contribution in [0.15, 0.2) is 46.9 Å². The predicted molar refractivity (Wildman–Crippen MR) is 111 cm³/mol. The van der Waals surface area contributed by atoms with Gasteiger partial charge in [0.2, 0.25) is 5.91 Å². The number of aromatic nitrogens is 2. The molecule has 1 fully saturated rings. The molecule has 0 unspecified atom stereocenters. The van der Waals surface area contributed by atoms with Crippen molar-refractivity contribution in [2.24, 2.45) is 11.8 Å². The van der Waals surface area contributed by atoms with Crippen LogP contribution >= 0.6 is 11.8 Å². The quantitative estimate of drug-likeness (QED) is 0.449. The van der Waals surface area contributed by atoms with E-state index < -0.39 is 0 Å². The van der Waals surface area contributed by atoms with E-state index in [1.807, 2.05) is 30.0 Å². The summed E-state index contributed by atoms with van der Waals surface area (Å²) in [6.07, 6.45) is 2.85. The molecule has 1 aromatic heterocycles. The van der Waals surface area contributed by atoms with Crippen molar-refractivity contribution in [3.63, 3.8) is 0 Å². The van der Waals surface area contributed by atoms with Crippen LogP contribution in [0.5, 0.6) is 0 Å². The Hall–Kier alpha value is -2.08. The zero-order valence-corrected chi connectivity index (χ0v) is 17.0. The van der Waals surface area contributed by atoms with Gasteiger partial charge in [-0.05, 0) is 37.3 Å². The Morgan fingerprint density at radius 1 is 1.33 bits per heavy atom. The van der Waals surface area contributed by atoms with Gasteiger partial charge in [0.15, 0.2) is 5.16 Å². The molecule has 2 aromatic rings. The van der Waals surface area contributed by atoms with E-state index in [0.29, 0.717) is 34.4 Å². The monoisotopic (exact) mass is 385 g/mol. The van der Waals surface area contributed by atoms with Gasteiger partial charge in [0, 0.05) is 19.6 Å². The molecule has 1 aliphatic rings. The largest absolute Gasteiger partial charge is 0.341 e. The number of rotatable bonds is 5. The number of amides is 1. The van der Waals surface area contributed by atoms with Crippen molar-refractivity contribution in [2.45, 2.75) is 44.1 Å². The SMILES string of the molecule is C=CCn1c(S[C@@H](C)C(=O)N2C[C@H](C)C[C@@H](C)C2)nc2ccccc2c1=O. The summed E-state index contributed by atoms with van der Waals surface area (Å²) in [5.74, 6) is 1.16. The minimum Gasteiger partial charge on any atom is -0.341 e. The van der Waals surface area contributed by atoms with E-state index in [9.17, 15) is 9.59 Å².